The van der Waals surface area contributed by atoms with Crippen molar-refractivity contribution in [2.75, 3.05) is 26.2 Å². The van der Waals surface area contributed by atoms with Gasteiger partial charge in [-0.25, -0.2) is 4.79 Å². The second-order valence-electron chi connectivity index (χ2n) is 5.03. The third-order valence-electron chi connectivity index (χ3n) is 3.41. The van der Waals surface area contributed by atoms with Gasteiger partial charge in [-0.05, 0) is 12.5 Å². The highest BCUT2D eigenvalue weighted by atomic mass is 16.6. The van der Waals surface area contributed by atoms with Gasteiger partial charge in [-0.3, -0.25) is 4.79 Å². The van der Waals surface area contributed by atoms with Crippen LogP contribution in [-0.4, -0.2) is 59.2 Å². The van der Waals surface area contributed by atoms with Crippen LogP contribution in [0.1, 0.15) is 12.5 Å². The van der Waals surface area contributed by atoms with Crippen LogP contribution in [0.5, 0.6) is 0 Å². The fraction of sp³-hybridized carbons (Fsp3) is 0.467. The van der Waals surface area contributed by atoms with Gasteiger partial charge >= 0.3 is 6.09 Å². The predicted molar refractivity (Wildman–Crippen MR) is 76.5 cm³/mol. The Labute approximate surface area is 123 Å². The number of piperazine rings is 1. The quantitative estimate of drug-likeness (QED) is 0.896. The Hall–Kier alpha value is -2.08. The summed E-state index contributed by atoms with van der Waals surface area (Å²) in [5.41, 5.74) is 0.939. The monoisotopic (exact) mass is 292 g/mol. The van der Waals surface area contributed by atoms with E-state index in [2.05, 4.69) is 0 Å². The van der Waals surface area contributed by atoms with Gasteiger partial charge in [0, 0.05) is 26.2 Å². The lowest BCUT2D eigenvalue weighted by Gasteiger charge is -2.34. The number of rotatable bonds is 3. The standard InChI is InChI=1S/C15H20N2O4/c1-12(18)14(19)16-7-9-17(10-8-16)15(20)21-11-13-5-3-2-4-6-13/h2-6,12,18H,7-11H2,1H3/t12-/m0/s1. The first-order valence-electron chi connectivity index (χ1n) is 7.00. The molecule has 0 aliphatic carbocycles. The minimum absolute atomic E-state index is 0.243. The molecule has 114 valence electrons. The normalized spacial score (nSPS) is 16.5. The van der Waals surface area contributed by atoms with E-state index in [1.54, 1.807) is 9.80 Å². The lowest BCUT2D eigenvalue weighted by Crippen LogP contribution is -2.52. The van der Waals surface area contributed by atoms with Gasteiger partial charge in [0.15, 0.2) is 0 Å². The van der Waals surface area contributed by atoms with Crippen molar-refractivity contribution in [3.8, 4) is 0 Å². The van der Waals surface area contributed by atoms with E-state index in [0.29, 0.717) is 26.2 Å². The Bertz CT molecular complexity index is 482. The Kier molecular flexibility index (Phi) is 5.16. The minimum atomic E-state index is -0.999. The van der Waals surface area contributed by atoms with E-state index in [-0.39, 0.29) is 18.6 Å². The molecule has 0 spiro atoms. The molecule has 0 bridgehead atoms. The summed E-state index contributed by atoms with van der Waals surface area (Å²) in [4.78, 5) is 26.7. The van der Waals surface area contributed by atoms with E-state index < -0.39 is 6.10 Å². The summed E-state index contributed by atoms with van der Waals surface area (Å²) < 4.78 is 5.24. The number of nitrogens with zero attached hydrogens (tertiary/aromatic N) is 2. The molecule has 6 heteroatoms. The van der Waals surface area contributed by atoms with Gasteiger partial charge in [0.1, 0.15) is 12.7 Å². The van der Waals surface area contributed by atoms with Crippen molar-refractivity contribution < 1.29 is 19.4 Å². The molecular weight excluding hydrogens is 272 g/mol. The molecular formula is C15H20N2O4. The molecule has 1 N–H and O–H groups in total. The van der Waals surface area contributed by atoms with Crippen LogP contribution >= 0.6 is 0 Å². The van der Waals surface area contributed by atoms with Crippen molar-refractivity contribution in [2.45, 2.75) is 19.6 Å². The molecule has 0 saturated carbocycles. The van der Waals surface area contributed by atoms with Crippen LogP contribution in [-0.2, 0) is 16.1 Å². The first-order chi connectivity index (χ1) is 10.1. The van der Waals surface area contributed by atoms with Crippen LogP contribution in [0.2, 0.25) is 0 Å². The van der Waals surface area contributed by atoms with E-state index in [1.807, 2.05) is 30.3 Å². The molecule has 1 fully saturated rings. The van der Waals surface area contributed by atoms with E-state index >= 15 is 0 Å². The number of benzene rings is 1. The van der Waals surface area contributed by atoms with Gasteiger partial charge in [0.25, 0.3) is 5.91 Å². The zero-order valence-electron chi connectivity index (χ0n) is 12.1. The highest BCUT2D eigenvalue weighted by molar-refractivity contribution is 5.80. The summed E-state index contributed by atoms with van der Waals surface area (Å²) in [6.45, 7) is 3.38. The van der Waals surface area contributed by atoms with E-state index in [0.717, 1.165) is 5.56 Å². The largest absolute Gasteiger partial charge is 0.445 e. The third-order valence-corrected chi connectivity index (χ3v) is 3.41. The smallest absolute Gasteiger partial charge is 0.410 e. The van der Waals surface area contributed by atoms with E-state index in [1.165, 1.54) is 6.92 Å². The second-order valence-corrected chi connectivity index (χ2v) is 5.03. The molecule has 1 aliphatic rings. The van der Waals surface area contributed by atoms with E-state index in [9.17, 15) is 14.7 Å². The molecule has 1 aliphatic heterocycles. The summed E-state index contributed by atoms with van der Waals surface area (Å²) in [5, 5.41) is 9.26. The van der Waals surface area contributed by atoms with Crippen molar-refractivity contribution in [1.29, 1.82) is 0 Å². The van der Waals surface area contributed by atoms with Gasteiger partial charge in [-0.1, -0.05) is 30.3 Å². The van der Waals surface area contributed by atoms with Crippen molar-refractivity contribution in [1.82, 2.24) is 9.80 Å². The number of carbonyl (C=O) groups excluding carboxylic acids is 2. The minimum Gasteiger partial charge on any atom is -0.445 e. The van der Waals surface area contributed by atoms with Crippen LogP contribution in [0, 0.1) is 0 Å². The topological polar surface area (TPSA) is 70.1 Å². The zero-order chi connectivity index (χ0) is 15.2. The molecule has 6 nitrogen and oxygen atoms in total. The van der Waals surface area contributed by atoms with Crippen LogP contribution < -0.4 is 0 Å². The average Bonchev–Trinajstić information content (AvgIpc) is 2.53. The highest BCUT2D eigenvalue weighted by Crippen LogP contribution is 2.08. The van der Waals surface area contributed by atoms with Crippen LogP contribution in [0.15, 0.2) is 30.3 Å². The lowest BCUT2D eigenvalue weighted by atomic mass is 10.2. The van der Waals surface area contributed by atoms with Gasteiger partial charge < -0.3 is 19.6 Å². The van der Waals surface area contributed by atoms with Crippen molar-refractivity contribution in [3.63, 3.8) is 0 Å². The predicted octanol–water partition coefficient (Wildman–Crippen LogP) is 0.848. The molecule has 1 heterocycles. The Morgan fingerprint density at radius 2 is 1.71 bits per heavy atom. The summed E-state index contributed by atoms with van der Waals surface area (Å²) in [6.07, 6.45) is -1.37. The maximum Gasteiger partial charge on any atom is 0.410 e. The second kappa shape index (κ2) is 7.08. The maximum absolute atomic E-state index is 11.9. The molecule has 1 aromatic carbocycles. The molecule has 1 saturated heterocycles. The van der Waals surface area contributed by atoms with Gasteiger partial charge in [-0.15, -0.1) is 0 Å². The summed E-state index contributed by atoms with van der Waals surface area (Å²) in [6, 6.07) is 9.48. The van der Waals surface area contributed by atoms with Gasteiger partial charge in [-0.2, -0.15) is 0 Å². The first kappa shape index (κ1) is 15.3. The van der Waals surface area contributed by atoms with Crippen LogP contribution in [0.3, 0.4) is 0 Å². The zero-order valence-corrected chi connectivity index (χ0v) is 12.1. The number of ether oxygens (including phenoxy) is 1. The van der Waals surface area contributed by atoms with Crippen LogP contribution in [0.4, 0.5) is 4.79 Å². The summed E-state index contributed by atoms with van der Waals surface area (Å²) in [7, 11) is 0. The molecule has 21 heavy (non-hydrogen) atoms. The number of hydrogen-bond acceptors (Lipinski definition) is 4. The van der Waals surface area contributed by atoms with Crippen molar-refractivity contribution >= 4 is 12.0 Å². The Balaban J connectivity index is 1.77. The molecule has 2 amide bonds. The molecule has 2 rings (SSSR count). The maximum atomic E-state index is 11.9. The first-order valence-corrected chi connectivity index (χ1v) is 7.00. The number of carbonyl (C=O) groups is 2. The highest BCUT2D eigenvalue weighted by Gasteiger charge is 2.26. The average molecular weight is 292 g/mol. The fourth-order valence-corrected chi connectivity index (χ4v) is 2.18. The Morgan fingerprint density at radius 3 is 2.29 bits per heavy atom. The third kappa shape index (κ3) is 4.19. The van der Waals surface area contributed by atoms with Gasteiger partial charge in [0.2, 0.25) is 0 Å². The van der Waals surface area contributed by atoms with E-state index in [4.69, 9.17) is 4.74 Å². The lowest BCUT2D eigenvalue weighted by molar-refractivity contribution is -0.140. The van der Waals surface area contributed by atoms with Crippen molar-refractivity contribution in [2.24, 2.45) is 0 Å². The molecule has 0 radical (unpaired) electrons. The Morgan fingerprint density at radius 1 is 1.14 bits per heavy atom. The summed E-state index contributed by atoms with van der Waals surface area (Å²) in [5.74, 6) is -0.299. The van der Waals surface area contributed by atoms with Gasteiger partial charge in [0.05, 0.1) is 0 Å². The number of aliphatic hydroxyl groups excluding tert-OH is 1. The molecule has 1 aromatic rings. The fourth-order valence-electron chi connectivity index (χ4n) is 2.18. The number of amides is 2. The molecule has 0 unspecified atom stereocenters. The number of aliphatic hydroxyl groups is 1. The SMILES string of the molecule is C[C@H](O)C(=O)N1CCN(C(=O)OCc2ccccc2)CC1. The molecule has 0 aromatic heterocycles. The van der Waals surface area contributed by atoms with Crippen molar-refractivity contribution in [3.05, 3.63) is 35.9 Å². The molecule has 1 atom stereocenters. The summed E-state index contributed by atoms with van der Waals surface area (Å²) >= 11 is 0. The number of hydrogen-bond donors (Lipinski definition) is 1. The van der Waals surface area contributed by atoms with Crippen LogP contribution in [0.25, 0.3) is 0 Å².